The molecule has 102 valence electrons. The molecule has 6 nitrogen and oxygen atoms in total. The molecule has 2 heterocycles. The third-order valence-electron chi connectivity index (χ3n) is 3.26. The molecule has 0 aliphatic carbocycles. The Morgan fingerprint density at radius 2 is 2.44 bits per heavy atom. The van der Waals surface area contributed by atoms with Gasteiger partial charge in [-0.2, -0.15) is 4.98 Å². The third kappa shape index (κ3) is 3.76. The highest BCUT2D eigenvalue weighted by atomic mass is 16.5. The monoisotopic (exact) mass is 255 g/mol. The first kappa shape index (κ1) is 13.5. The Labute approximate surface area is 107 Å². The minimum atomic E-state index is 0.263. The van der Waals surface area contributed by atoms with Crippen LogP contribution in [0, 0.1) is 5.92 Å². The van der Waals surface area contributed by atoms with Gasteiger partial charge in [-0.05, 0) is 25.3 Å². The van der Waals surface area contributed by atoms with Gasteiger partial charge in [-0.3, -0.25) is 4.90 Å². The first-order chi connectivity index (χ1) is 8.81. The van der Waals surface area contributed by atoms with Crippen LogP contribution in [0.15, 0.2) is 4.52 Å². The van der Waals surface area contributed by atoms with E-state index in [0.29, 0.717) is 37.2 Å². The van der Waals surface area contributed by atoms with E-state index < -0.39 is 0 Å². The normalized spacial score (nSPS) is 21.3. The molecule has 1 N–H and O–H groups in total. The molecule has 0 saturated carbocycles. The van der Waals surface area contributed by atoms with Crippen molar-refractivity contribution in [3.05, 3.63) is 11.7 Å². The molecule has 0 aromatic carbocycles. The number of aromatic nitrogens is 2. The van der Waals surface area contributed by atoms with Crippen molar-refractivity contribution in [3.63, 3.8) is 0 Å². The van der Waals surface area contributed by atoms with Gasteiger partial charge in [0.05, 0.1) is 13.2 Å². The summed E-state index contributed by atoms with van der Waals surface area (Å²) in [5.74, 6) is 1.73. The zero-order valence-corrected chi connectivity index (χ0v) is 10.8. The Morgan fingerprint density at radius 1 is 1.56 bits per heavy atom. The summed E-state index contributed by atoms with van der Waals surface area (Å²) in [4.78, 5) is 6.59. The van der Waals surface area contributed by atoms with Crippen LogP contribution in [-0.2, 0) is 17.7 Å². The maximum Gasteiger partial charge on any atom is 0.240 e. The standard InChI is InChI=1S/C12H21N3O3/c1-17-6-4-11-13-12(18-14-11)8-15-5-2-3-10(7-15)9-16/h10,16H,2-9H2,1H3. The smallest absolute Gasteiger partial charge is 0.240 e. The average Bonchev–Trinajstić information content (AvgIpc) is 2.84. The number of methoxy groups -OCH3 is 1. The van der Waals surface area contributed by atoms with Crippen molar-refractivity contribution in [1.82, 2.24) is 15.0 Å². The fourth-order valence-electron chi connectivity index (χ4n) is 2.28. The maximum absolute atomic E-state index is 9.18. The molecule has 1 aliphatic rings. The minimum Gasteiger partial charge on any atom is -0.396 e. The summed E-state index contributed by atoms with van der Waals surface area (Å²) in [5.41, 5.74) is 0. The number of hydrogen-bond acceptors (Lipinski definition) is 6. The van der Waals surface area contributed by atoms with E-state index in [1.165, 1.54) is 0 Å². The van der Waals surface area contributed by atoms with Crippen LogP contribution in [0.1, 0.15) is 24.6 Å². The second kappa shape index (κ2) is 6.82. The van der Waals surface area contributed by atoms with Crippen molar-refractivity contribution in [2.45, 2.75) is 25.8 Å². The van der Waals surface area contributed by atoms with Gasteiger partial charge in [-0.25, -0.2) is 0 Å². The van der Waals surface area contributed by atoms with E-state index in [2.05, 4.69) is 15.0 Å². The molecular weight excluding hydrogens is 234 g/mol. The zero-order chi connectivity index (χ0) is 12.8. The van der Waals surface area contributed by atoms with Gasteiger partial charge in [0.1, 0.15) is 0 Å². The van der Waals surface area contributed by atoms with E-state index in [1.807, 2.05) is 0 Å². The lowest BCUT2D eigenvalue weighted by Crippen LogP contribution is -2.36. The molecule has 0 bridgehead atoms. The van der Waals surface area contributed by atoms with Crippen LogP contribution >= 0.6 is 0 Å². The van der Waals surface area contributed by atoms with Gasteiger partial charge >= 0.3 is 0 Å². The van der Waals surface area contributed by atoms with Gasteiger partial charge in [0.2, 0.25) is 5.89 Å². The van der Waals surface area contributed by atoms with Crippen molar-refractivity contribution in [1.29, 1.82) is 0 Å². The Hall–Kier alpha value is -0.980. The molecule has 18 heavy (non-hydrogen) atoms. The van der Waals surface area contributed by atoms with Gasteiger partial charge < -0.3 is 14.4 Å². The first-order valence-corrected chi connectivity index (χ1v) is 6.45. The number of hydrogen-bond donors (Lipinski definition) is 1. The Morgan fingerprint density at radius 3 is 3.22 bits per heavy atom. The summed E-state index contributed by atoms with van der Waals surface area (Å²) < 4.78 is 10.2. The summed E-state index contributed by atoms with van der Waals surface area (Å²) in [6.07, 6.45) is 2.91. The fraction of sp³-hybridized carbons (Fsp3) is 0.833. The molecular formula is C12H21N3O3. The molecule has 1 atom stereocenters. The van der Waals surface area contributed by atoms with Crippen molar-refractivity contribution in [2.75, 3.05) is 33.4 Å². The van der Waals surface area contributed by atoms with Crippen LogP contribution in [0.2, 0.25) is 0 Å². The summed E-state index contributed by atoms with van der Waals surface area (Å²) in [6.45, 7) is 3.49. The fourth-order valence-corrected chi connectivity index (χ4v) is 2.28. The Bertz CT molecular complexity index is 356. The molecule has 1 saturated heterocycles. The predicted molar refractivity (Wildman–Crippen MR) is 65.0 cm³/mol. The number of nitrogens with zero attached hydrogens (tertiary/aromatic N) is 3. The highest BCUT2D eigenvalue weighted by Crippen LogP contribution is 2.17. The van der Waals surface area contributed by atoms with Gasteiger partial charge in [-0.1, -0.05) is 5.16 Å². The summed E-state index contributed by atoms with van der Waals surface area (Å²) in [5, 5.41) is 13.1. The van der Waals surface area contributed by atoms with Crippen LogP contribution in [0.4, 0.5) is 0 Å². The molecule has 2 rings (SSSR count). The number of aliphatic hydroxyl groups is 1. The van der Waals surface area contributed by atoms with Crippen molar-refractivity contribution in [3.8, 4) is 0 Å². The van der Waals surface area contributed by atoms with Crippen molar-refractivity contribution < 1.29 is 14.4 Å². The lowest BCUT2D eigenvalue weighted by molar-refractivity contribution is 0.107. The summed E-state index contributed by atoms with van der Waals surface area (Å²) in [6, 6.07) is 0. The maximum atomic E-state index is 9.18. The van der Waals surface area contributed by atoms with Crippen LogP contribution in [0.25, 0.3) is 0 Å². The third-order valence-corrected chi connectivity index (χ3v) is 3.26. The van der Waals surface area contributed by atoms with Crippen LogP contribution in [-0.4, -0.2) is 53.6 Å². The minimum absolute atomic E-state index is 0.263. The number of ether oxygens (including phenoxy) is 1. The van der Waals surface area contributed by atoms with E-state index in [4.69, 9.17) is 9.26 Å². The van der Waals surface area contributed by atoms with Crippen LogP contribution in [0.5, 0.6) is 0 Å². The van der Waals surface area contributed by atoms with Crippen molar-refractivity contribution in [2.24, 2.45) is 5.92 Å². The molecule has 1 aromatic rings. The van der Waals surface area contributed by atoms with Gasteiger partial charge in [0.15, 0.2) is 5.82 Å². The molecule has 0 amide bonds. The number of aliphatic hydroxyl groups excluding tert-OH is 1. The summed E-state index contributed by atoms with van der Waals surface area (Å²) in [7, 11) is 1.66. The Kier molecular flexibility index (Phi) is 5.10. The number of piperidine rings is 1. The van der Waals surface area contributed by atoms with E-state index >= 15 is 0 Å². The van der Waals surface area contributed by atoms with Crippen LogP contribution in [0.3, 0.4) is 0 Å². The highest BCUT2D eigenvalue weighted by Gasteiger charge is 2.21. The molecule has 0 spiro atoms. The number of likely N-dealkylation sites (tertiary alicyclic amines) is 1. The highest BCUT2D eigenvalue weighted by molar-refractivity contribution is 4.87. The molecule has 1 aromatic heterocycles. The molecule has 1 aliphatic heterocycles. The average molecular weight is 255 g/mol. The summed E-state index contributed by atoms with van der Waals surface area (Å²) >= 11 is 0. The topological polar surface area (TPSA) is 71.6 Å². The predicted octanol–water partition coefficient (Wildman–Crippen LogP) is 0.463. The van der Waals surface area contributed by atoms with E-state index in [9.17, 15) is 5.11 Å². The second-order valence-corrected chi connectivity index (χ2v) is 4.77. The molecule has 0 radical (unpaired) electrons. The van der Waals surface area contributed by atoms with Crippen molar-refractivity contribution >= 4 is 0 Å². The zero-order valence-electron chi connectivity index (χ0n) is 10.8. The van der Waals surface area contributed by atoms with Crippen LogP contribution < -0.4 is 0 Å². The first-order valence-electron chi connectivity index (χ1n) is 6.45. The molecule has 1 unspecified atom stereocenters. The lowest BCUT2D eigenvalue weighted by Gasteiger charge is -2.30. The lowest BCUT2D eigenvalue weighted by atomic mass is 9.99. The quantitative estimate of drug-likeness (QED) is 0.796. The SMILES string of the molecule is COCCc1noc(CN2CCCC(CO)C2)n1. The van der Waals surface area contributed by atoms with Gasteiger partial charge in [0, 0.05) is 26.7 Å². The van der Waals surface area contributed by atoms with E-state index in [1.54, 1.807) is 7.11 Å². The molecule has 6 heteroatoms. The molecule has 1 fully saturated rings. The van der Waals surface area contributed by atoms with E-state index in [-0.39, 0.29) is 6.61 Å². The largest absolute Gasteiger partial charge is 0.396 e. The van der Waals surface area contributed by atoms with Gasteiger partial charge in [-0.15, -0.1) is 0 Å². The number of rotatable bonds is 6. The van der Waals surface area contributed by atoms with E-state index in [0.717, 1.165) is 25.9 Å². The second-order valence-electron chi connectivity index (χ2n) is 4.77. The van der Waals surface area contributed by atoms with Gasteiger partial charge in [0.25, 0.3) is 0 Å². The Balaban J connectivity index is 1.83.